The fourth-order valence-corrected chi connectivity index (χ4v) is 2.13. The largest absolute Gasteiger partial charge is 0.462 e. The third kappa shape index (κ3) is 4.64. The van der Waals surface area contributed by atoms with Crippen molar-refractivity contribution in [1.29, 1.82) is 0 Å². The van der Waals surface area contributed by atoms with Crippen LogP contribution in [0.25, 0.3) is 0 Å². The third-order valence-electron chi connectivity index (χ3n) is 3.49. The van der Waals surface area contributed by atoms with Gasteiger partial charge < -0.3 is 4.74 Å². The van der Waals surface area contributed by atoms with Crippen molar-refractivity contribution >= 4 is 17.6 Å². The van der Waals surface area contributed by atoms with Crippen LogP contribution in [-0.4, -0.2) is 31.3 Å². The number of ether oxygens (including phenoxy) is 1. The number of carbonyl (C=O) groups excluding carboxylic acids is 2. The van der Waals surface area contributed by atoms with Crippen molar-refractivity contribution in [3.05, 3.63) is 28.8 Å². The first-order valence-electron chi connectivity index (χ1n) is 7.07. The lowest BCUT2D eigenvalue weighted by molar-refractivity contribution is -0.348. The van der Waals surface area contributed by atoms with Crippen LogP contribution in [0.1, 0.15) is 16.7 Å². The molecule has 2 N–H and O–H groups in total. The molecule has 0 unspecified atom stereocenters. The molecule has 0 radical (unpaired) electrons. The topological polar surface area (TPSA) is 67.4 Å². The van der Waals surface area contributed by atoms with Crippen LogP contribution in [0.5, 0.6) is 0 Å². The van der Waals surface area contributed by atoms with E-state index in [9.17, 15) is 53.5 Å². The van der Waals surface area contributed by atoms with Crippen molar-refractivity contribution in [1.82, 2.24) is 5.43 Å². The number of methoxy groups -OCH3 is 1. The van der Waals surface area contributed by atoms with Gasteiger partial charge >= 0.3 is 36.1 Å². The van der Waals surface area contributed by atoms with Crippen LogP contribution in [0.3, 0.4) is 0 Å². The molecule has 0 fully saturated rings. The van der Waals surface area contributed by atoms with Crippen LogP contribution >= 0.6 is 0 Å². The van der Waals surface area contributed by atoms with Crippen LogP contribution in [0.15, 0.2) is 12.1 Å². The lowest BCUT2D eigenvalue weighted by Gasteiger charge is -2.31. The number of amides is 1. The zero-order valence-corrected chi connectivity index (χ0v) is 14.2. The molecule has 0 heterocycles. The molecule has 0 aliphatic rings. The van der Waals surface area contributed by atoms with Crippen molar-refractivity contribution in [3.63, 3.8) is 0 Å². The Kier molecular flexibility index (Phi) is 6.36. The molecule has 1 rings (SSSR count). The Morgan fingerprint density at radius 3 is 1.76 bits per heavy atom. The summed E-state index contributed by atoms with van der Waals surface area (Å²) in [6.45, 7) is 0.624. The van der Waals surface area contributed by atoms with Gasteiger partial charge in [-0.25, -0.2) is 9.18 Å². The molecule has 15 heteroatoms. The Balaban J connectivity index is 3.64. The van der Waals surface area contributed by atoms with Crippen LogP contribution in [0, 0.1) is 6.92 Å². The van der Waals surface area contributed by atoms with E-state index in [0.717, 1.165) is 7.11 Å². The molecule has 1 aromatic carbocycles. The number of aryl methyl sites for hydroxylation is 1. The minimum absolute atomic E-state index is 0.122. The van der Waals surface area contributed by atoms with Gasteiger partial charge in [0.15, 0.2) is 0 Å². The number of rotatable bonds is 3. The second-order valence-electron chi connectivity index (χ2n) is 5.44. The fourth-order valence-electron chi connectivity index (χ4n) is 2.13. The molecule has 5 nitrogen and oxygen atoms in total. The minimum atomic E-state index is -6.63. The number of alkyl halides is 10. The highest BCUT2D eigenvalue weighted by Crippen LogP contribution is 2.54. The first kappa shape index (κ1) is 24.3. The first-order chi connectivity index (χ1) is 12.9. The maximum Gasteiger partial charge on any atom is 0.435 e. The molecule has 164 valence electrons. The molecular formula is C14H10F10N2O3. The number of hydrogen-bond acceptors (Lipinski definition) is 4. The molecule has 0 aliphatic carbocycles. The van der Waals surface area contributed by atoms with E-state index < -0.39 is 64.5 Å². The van der Waals surface area contributed by atoms with Crippen molar-refractivity contribution in [2.45, 2.75) is 31.1 Å². The number of esters is 1. The van der Waals surface area contributed by atoms with Gasteiger partial charge in [0.2, 0.25) is 0 Å². The van der Waals surface area contributed by atoms with Crippen LogP contribution in [0.4, 0.5) is 49.6 Å². The summed E-state index contributed by atoms with van der Waals surface area (Å²) in [5.41, 5.74) is -9.82. The molecule has 0 aliphatic heterocycles. The van der Waals surface area contributed by atoms with E-state index in [1.807, 2.05) is 0 Å². The van der Waals surface area contributed by atoms with E-state index >= 15 is 0 Å². The summed E-state index contributed by atoms with van der Waals surface area (Å²) in [5.74, 6) is -3.20. The van der Waals surface area contributed by atoms with E-state index in [1.165, 1.54) is 5.43 Å². The highest BCUT2D eigenvalue weighted by molar-refractivity contribution is 6.32. The molecule has 0 saturated heterocycles. The van der Waals surface area contributed by atoms with Crippen molar-refractivity contribution in [2.75, 3.05) is 12.5 Å². The van der Waals surface area contributed by atoms with Crippen molar-refractivity contribution in [3.8, 4) is 0 Å². The summed E-state index contributed by atoms with van der Waals surface area (Å²) in [4.78, 5) is 22.1. The van der Waals surface area contributed by atoms with Crippen molar-refractivity contribution in [2.24, 2.45) is 0 Å². The predicted octanol–water partition coefficient (Wildman–Crippen LogP) is 3.92. The average Bonchev–Trinajstić information content (AvgIpc) is 2.55. The van der Waals surface area contributed by atoms with Gasteiger partial charge in [-0.1, -0.05) is 6.07 Å². The van der Waals surface area contributed by atoms with Gasteiger partial charge in [-0.15, -0.1) is 0 Å². The average molecular weight is 444 g/mol. The quantitative estimate of drug-likeness (QED) is 0.321. The van der Waals surface area contributed by atoms with E-state index in [1.54, 1.807) is 5.43 Å². The molecule has 0 saturated carbocycles. The maximum absolute atomic E-state index is 14.1. The van der Waals surface area contributed by atoms with Gasteiger partial charge in [-0.2, -0.15) is 39.5 Å². The summed E-state index contributed by atoms with van der Waals surface area (Å²) in [6.07, 6.45) is -18.8. The number of carbonyl (C=O) groups is 2. The predicted molar refractivity (Wildman–Crippen MR) is 74.9 cm³/mol. The Bertz CT molecular complexity index is 785. The molecule has 1 aromatic rings. The Hall–Kier alpha value is -2.74. The van der Waals surface area contributed by atoms with Gasteiger partial charge in [-0.05, 0) is 18.6 Å². The number of halogens is 10. The lowest BCUT2D eigenvalue weighted by atomic mass is 9.90. The van der Waals surface area contributed by atoms with Gasteiger partial charge in [0, 0.05) is 5.56 Å². The number of hydrogen-bond donors (Lipinski definition) is 2. The zero-order chi connectivity index (χ0) is 23.0. The summed E-state index contributed by atoms with van der Waals surface area (Å²) < 4.78 is 135. The van der Waals surface area contributed by atoms with Gasteiger partial charge in [0.05, 0.1) is 18.4 Å². The Labute approximate surface area is 155 Å². The molecule has 0 spiro atoms. The number of benzene rings is 1. The Morgan fingerprint density at radius 1 is 0.897 bits per heavy atom. The third-order valence-corrected chi connectivity index (χ3v) is 3.49. The van der Waals surface area contributed by atoms with Gasteiger partial charge in [-0.3, -0.25) is 15.6 Å². The maximum atomic E-state index is 14.1. The van der Waals surface area contributed by atoms with Gasteiger partial charge in [0.25, 0.3) is 0 Å². The summed E-state index contributed by atoms with van der Waals surface area (Å²) >= 11 is 0. The molecule has 29 heavy (non-hydrogen) atoms. The molecule has 0 aromatic heterocycles. The SMILES string of the molecule is COC(=O)C(=O)NNc1c(C)cc(C(F)(C(F)(F)F)C(F)(F)F)cc1C(F)(F)F. The number of nitrogens with one attached hydrogen (secondary N) is 2. The molecule has 1 amide bonds. The number of anilines is 1. The summed E-state index contributed by atoms with van der Waals surface area (Å²) in [5, 5.41) is 0. The molecule has 0 bridgehead atoms. The zero-order valence-electron chi connectivity index (χ0n) is 14.2. The molecular weight excluding hydrogens is 434 g/mol. The van der Waals surface area contributed by atoms with E-state index in [-0.39, 0.29) is 6.07 Å². The van der Waals surface area contributed by atoms with Crippen LogP contribution in [-0.2, 0) is 26.2 Å². The smallest absolute Gasteiger partial charge is 0.435 e. The van der Waals surface area contributed by atoms with E-state index in [0.29, 0.717) is 6.92 Å². The number of hydrazine groups is 1. The molecule has 0 atom stereocenters. The van der Waals surface area contributed by atoms with Crippen LogP contribution < -0.4 is 10.9 Å². The minimum Gasteiger partial charge on any atom is -0.462 e. The standard InChI is InChI=1S/C14H10F10N2O3/c1-5-3-6(11(15,13(19,20)21)14(22,23)24)4-7(12(16,17)18)8(5)25-26-9(27)10(28)29-2/h3-4,25H,1-2H3,(H,26,27). The highest BCUT2D eigenvalue weighted by Gasteiger charge is 2.73. The second kappa shape index (κ2) is 7.59. The lowest BCUT2D eigenvalue weighted by Crippen LogP contribution is -2.50. The van der Waals surface area contributed by atoms with E-state index in [2.05, 4.69) is 4.74 Å². The van der Waals surface area contributed by atoms with Crippen molar-refractivity contribution < 1.29 is 58.2 Å². The summed E-state index contributed by atoms with van der Waals surface area (Å²) in [7, 11) is 0.748. The second-order valence-corrected chi connectivity index (χ2v) is 5.44. The summed E-state index contributed by atoms with van der Waals surface area (Å²) in [6, 6.07) is -0.816. The van der Waals surface area contributed by atoms with Gasteiger partial charge in [0.1, 0.15) is 0 Å². The Morgan fingerprint density at radius 2 is 1.38 bits per heavy atom. The highest BCUT2D eigenvalue weighted by atomic mass is 19.4. The first-order valence-corrected chi connectivity index (χ1v) is 7.07. The monoisotopic (exact) mass is 444 g/mol. The van der Waals surface area contributed by atoms with Crippen LogP contribution in [0.2, 0.25) is 0 Å². The normalized spacial score (nSPS) is 13.1. The van der Waals surface area contributed by atoms with E-state index in [4.69, 9.17) is 0 Å². The fraction of sp³-hybridized carbons (Fsp3) is 0.429.